The second kappa shape index (κ2) is 6.43. The van der Waals surface area contributed by atoms with E-state index in [0.717, 1.165) is 10.4 Å². The first-order chi connectivity index (χ1) is 11.7. The van der Waals surface area contributed by atoms with Crippen molar-refractivity contribution < 1.29 is 30.4 Å². The van der Waals surface area contributed by atoms with Crippen molar-refractivity contribution in [3.63, 3.8) is 0 Å². The van der Waals surface area contributed by atoms with Crippen molar-refractivity contribution in [3.05, 3.63) is 48.2 Å². The Morgan fingerprint density at radius 1 is 1.24 bits per heavy atom. The first-order valence-electron chi connectivity index (χ1n) is 7.31. The molecular weight excluding hydrogens is 373 g/mol. The average molecular weight is 389 g/mol. The molecule has 1 fully saturated rings. The smallest absolute Gasteiger partial charge is 0.243 e. The van der Waals surface area contributed by atoms with Gasteiger partial charge in [-0.25, -0.2) is 21.2 Å². The number of methoxy groups -OCH3 is 1. The van der Waals surface area contributed by atoms with Gasteiger partial charge in [-0.1, -0.05) is 0 Å². The molecule has 0 unspecified atom stereocenters. The lowest BCUT2D eigenvalue weighted by molar-refractivity contribution is 0.309. The third-order valence-electron chi connectivity index (χ3n) is 4.01. The maximum absolute atomic E-state index is 13.7. The normalized spacial score (nSPS) is 16.6. The monoisotopic (exact) mass is 389 g/mol. The summed E-state index contributed by atoms with van der Waals surface area (Å²) < 4.78 is 74.0. The fraction of sp³-hybridized carbons (Fsp3) is 0.333. The van der Waals surface area contributed by atoms with E-state index in [-0.39, 0.29) is 29.5 Å². The van der Waals surface area contributed by atoms with Gasteiger partial charge < -0.3 is 9.15 Å². The fourth-order valence-electron chi connectivity index (χ4n) is 2.49. The molecule has 10 heteroatoms. The van der Waals surface area contributed by atoms with E-state index in [1.165, 1.54) is 25.5 Å². The van der Waals surface area contributed by atoms with Gasteiger partial charge in [0.25, 0.3) is 0 Å². The average Bonchev–Trinajstić information content (AvgIpc) is 2.96. The highest BCUT2D eigenvalue weighted by atomic mass is 32.2. The fourth-order valence-corrected chi connectivity index (χ4v) is 5.83. The number of benzene rings is 1. The quantitative estimate of drug-likeness (QED) is 0.742. The summed E-state index contributed by atoms with van der Waals surface area (Å²) in [6.07, 6.45) is 1.38. The van der Waals surface area contributed by atoms with E-state index in [2.05, 4.69) is 0 Å². The summed E-state index contributed by atoms with van der Waals surface area (Å²) in [5, 5.41) is -0.810. The van der Waals surface area contributed by atoms with Crippen LogP contribution >= 0.6 is 0 Å². The number of ether oxygens (including phenoxy) is 1. The van der Waals surface area contributed by atoms with Gasteiger partial charge in [0, 0.05) is 13.1 Å². The predicted octanol–water partition coefficient (Wildman–Crippen LogP) is 1.42. The molecule has 0 spiro atoms. The molecule has 1 aliphatic rings. The second-order valence-corrected chi connectivity index (χ2v) is 9.85. The van der Waals surface area contributed by atoms with Gasteiger partial charge in [-0.3, -0.25) is 0 Å². The lowest BCUT2D eigenvalue weighted by Gasteiger charge is -2.37. The number of sulfone groups is 1. The van der Waals surface area contributed by atoms with Gasteiger partial charge in [0.2, 0.25) is 10.0 Å². The van der Waals surface area contributed by atoms with Crippen LogP contribution in [0.5, 0.6) is 5.75 Å². The van der Waals surface area contributed by atoms with Crippen molar-refractivity contribution in [3.8, 4) is 5.75 Å². The van der Waals surface area contributed by atoms with E-state index in [4.69, 9.17) is 9.15 Å². The summed E-state index contributed by atoms with van der Waals surface area (Å²) in [4.78, 5) is -0.243. The molecule has 0 saturated carbocycles. The van der Waals surface area contributed by atoms with Crippen LogP contribution in [0, 0.1) is 5.82 Å². The summed E-state index contributed by atoms with van der Waals surface area (Å²) in [6, 6.07) is 6.43. The minimum absolute atomic E-state index is 0.0681. The van der Waals surface area contributed by atoms with E-state index < -0.39 is 30.9 Å². The van der Waals surface area contributed by atoms with Crippen LogP contribution in [-0.2, 0) is 25.6 Å². The van der Waals surface area contributed by atoms with E-state index in [0.29, 0.717) is 5.76 Å². The topological polar surface area (TPSA) is 93.9 Å². The van der Waals surface area contributed by atoms with Crippen LogP contribution < -0.4 is 4.74 Å². The zero-order valence-corrected chi connectivity index (χ0v) is 14.9. The number of sulfonamides is 1. The minimum atomic E-state index is -3.96. The maximum Gasteiger partial charge on any atom is 0.243 e. The lowest BCUT2D eigenvalue weighted by atomic mass is 10.3. The molecule has 7 nitrogen and oxygen atoms in total. The Bertz CT molecular complexity index is 963. The third-order valence-corrected chi connectivity index (χ3v) is 7.84. The Hall–Kier alpha value is -1.91. The summed E-state index contributed by atoms with van der Waals surface area (Å²) >= 11 is 0. The van der Waals surface area contributed by atoms with Gasteiger partial charge >= 0.3 is 0 Å². The van der Waals surface area contributed by atoms with Crippen molar-refractivity contribution in [1.82, 2.24) is 4.31 Å². The molecule has 0 bridgehead atoms. The summed E-state index contributed by atoms with van der Waals surface area (Å²) in [5.41, 5.74) is 0. The van der Waals surface area contributed by atoms with Crippen LogP contribution in [0.1, 0.15) is 5.76 Å². The molecule has 0 atom stereocenters. The molecule has 2 heterocycles. The maximum atomic E-state index is 13.7. The molecule has 0 amide bonds. The van der Waals surface area contributed by atoms with E-state index >= 15 is 0 Å². The SMILES string of the molecule is COc1ccc(S(=O)(=O)N2CC(S(=O)(=O)Cc3ccco3)C2)cc1F. The highest BCUT2D eigenvalue weighted by Gasteiger charge is 2.43. The van der Waals surface area contributed by atoms with Crippen molar-refractivity contribution in [2.24, 2.45) is 0 Å². The Kier molecular flexibility index (Phi) is 4.60. The van der Waals surface area contributed by atoms with Crippen LogP contribution in [0.2, 0.25) is 0 Å². The van der Waals surface area contributed by atoms with Crippen LogP contribution in [0.25, 0.3) is 0 Å². The highest BCUT2D eigenvalue weighted by molar-refractivity contribution is 7.92. The first kappa shape index (κ1) is 17.9. The molecule has 1 saturated heterocycles. The van der Waals surface area contributed by atoms with Crippen LogP contribution in [0.15, 0.2) is 45.9 Å². The Balaban J connectivity index is 1.72. The number of hydrogen-bond donors (Lipinski definition) is 0. The molecule has 2 aromatic rings. The van der Waals surface area contributed by atoms with Crippen LogP contribution in [0.3, 0.4) is 0 Å². The summed E-state index contributed by atoms with van der Waals surface area (Å²) in [5.74, 6) is -0.846. The minimum Gasteiger partial charge on any atom is -0.494 e. The largest absolute Gasteiger partial charge is 0.494 e. The Morgan fingerprint density at radius 3 is 2.52 bits per heavy atom. The molecule has 136 valence electrons. The number of hydrogen-bond acceptors (Lipinski definition) is 6. The Morgan fingerprint density at radius 2 is 1.96 bits per heavy atom. The van der Waals surface area contributed by atoms with Crippen LogP contribution in [0.4, 0.5) is 4.39 Å². The Labute approximate surface area is 145 Å². The number of rotatable bonds is 6. The van der Waals surface area contributed by atoms with Crippen molar-refractivity contribution in [1.29, 1.82) is 0 Å². The van der Waals surface area contributed by atoms with E-state index in [9.17, 15) is 21.2 Å². The molecule has 1 aromatic heterocycles. The van der Waals surface area contributed by atoms with E-state index in [1.807, 2.05) is 0 Å². The van der Waals surface area contributed by atoms with Gasteiger partial charge in [0.05, 0.1) is 23.5 Å². The third kappa shape index (κ3) is 3.42. The van der Waals surface area contributed by atoms with Gasteiger partial charge in [-0.05, 0) is 30.3 Å². The first-order valence-corrected chi connectivity index (χ1v) is 10.5. The van der Waals surface area contributed by atoms with Gasteiger partial charge in [0.1, 0.15) is 11.5 Å². The number of nitrogens with zero attached hydrogens (tertiary/aromatic N) is 1. The highest BCUT2D eigenvalue weighted by Crippen LogP contribution is 2.29. The molecule has 0 N–H and O–H groups in total. The number of halogens is 1. The van der Waals surface area contributed by atoms with Crippen molar-refractivity contribution in [2.45, 2.75) is 15.9 Å². The van der Waals surface area contributed by atoms with Gasteiger partial charge in [-0.15, -0.1) is 0 Å². The van der Waals surface area contributed by atoms with Crippen molar-refractivity contribution in [2.75, 3.05) is 20.2 Å². The van der Waals surface area contributed by atoms with Gasteiger partial charge in [0.15, 0.2) is 21.4 Å². The summed E-state index contributed by atoms with van der Waals surface area (Å²) in [6.45, 7) is -0.335. The molecule has 3 rings (SSSR count). The molecular formula is C15H16FNO6S2. The second-order valence-electron chi connectivity index (χ2n) is 5.63. The standard InChI is InChI=1S/C15H16FNO6S2/c1-22-15-5-4-12(7-14(15)16)25(20,21)17-8-13(9-17)24(18,19)10-11-3-2-6-23-11/h2-7,13H,8-10H2,1H3. The van der Waals surface area contributed by atoms with E-state index in [1.54, 1.807) is 12.1 Å². The predicted molar refractivity (Wildman–Crippen MR) is 86.8 cm³/mol. The molecule has 0 radical (unpaired) electrons. The van der Waals surface area contributed by atoms with Gasteiger partial charge in [-0.2, -0.15) is 4.31 Å². The molecule has 0 aliphatic carbocycles. The zero-order chi connectivity index (χ0) is 18.2. The van der Waals surface area contributed by atoms with Crippen molar-refractivity contribution >= 4 is 19.9 Å². The van der Waals surface area contributed by atoms with Crippen LogP contribution in [-0.4, -0.2) is 46.6 Å². The lowest BCUT2D eigenvalue weighted by Crippen LogP contribution is -2.56. The number of furan rings is 1. The molecule has 1 aromatic carbocycles. The molecule has 1 aliphatic heterocycles. The zero-order valence-electron chi connectivity index (χ0n) is 13.3. The molecule has 25 heavy (non-hydrogen) atoms. The summed E-state index contributed by atoms with van der Waals surface area (Å²) in [7, 11) is -6.22.